The lowest BCUT2D eigenvalue weighted by molar-refractivity contribution is 0.373. The predicted molar refractivity (Wildman–Crippen MR) is 106 cm³/mol. The standard InChI is InChI=1S/C19H24N6S/c1-13-11-26-18-17(13)22-12-23-19(18)25-7-3-15(4-8-25)24-14(2)9-16-10-20-5-6-21-16/h5-6,10-12,14-15,24H,3-4,7-9H2,1-2H3/t14-/m1/s1. The molecule has 3 aromatic heterocycles. The number of hydrogen-bond acceptors (Lipinski definition) is 7. The van der Waals surface area contributed by atoms with Gasteiger partial charge in [-0.2, -0.15) is 0 Å². The van der Waals surface area contributed by atoms with Crippen molar-refractivity contribution in [2.24, 2.45) is 0 Å². The zero-order valence-electron chi connectivity index (χ0n) is 15.2. The molecular formula is C19H24N6S. The highest BCUT2D eigenvalue weighted by atomic mass is 32.1. The van der Waals surface area contributed by atoms with Crippen LogP contribution in [0.3, 0.4) is 0 Å². The molecule has 1 fully saturated rings. The van der Waals surface area contributed by atoms with Crippen molar-refractivity contribution in [3.8, 4) is 0 Å². The number of anilines is 1. The van der Waals surface area contributed by atoms with Gasteiger partial charge in [-0.1, -0.05) is 0 Å². The number of aromatic nitrogens is 4. The van der Waals surface area contributed by atoms with E-state index in [1.807, 2.05) is 6.20 Å². The van der Waals surface area contributed by atoms with Crippen LogP contribution in [0.25, 0.3) is 10.2 Å². The van der Waals surface area contributed by atoms with E-state index in [0.29, 0.717) is 12.1 Å². The van der Waals surface area contributed by atoms with Gasteiger partial charge in [0.15, 0.2) is 0 Å². The Kier molecular flexibility index (Phi) is 5.08. The summed E-state index contributed by atoms with van der Waals surface area (Å²) in [7, 11) is 0. The van der Waals surface area contributed by atoms with Crippen molar-refractivity contribution in [3.05, 3.63) is 41.6 Å². The van der Waals surface area contributed by atoms with E-state index in [4.69, 9.17) is 0 Å². The van der Waals surface area contributed by atoms with Crippen molar-refractivity contribution >= 4 is 27.4 Å². The van der Waals surface area contributed by atoms with Gasteiger partial charge >= 0.3 is 0 Å². The monoisotopic (exact) mass is 368 g/mol. The number of piperidine rings is 1. The highest BCUT2D eigenvalue weighted by molar-refractivity contribution is 7.18. The molecule has 26 heavy (non-hydrogen) atoms. The summed E-state index contributed by atoms with van der Waals surface area (Å²) < 4.78 is 1.22. The molecule has 4 rings (SSSR count). The Hall–Kier alpha value is -2.12. The van der Waals surface area contributed by atoms with E-state index in [1.165, 1.54) is 10.3 Å². The lowest BCUT2D eigenvalue weighted by Crippen LogP contribution is -2.46. The Morgan fingerprint density at radius 2 is 2.08 bits per heavy atom. The highest BCUT2D eigenvalue weighted by Gasteiger charge is 2.23. The fourth-order valence-electron chi connectivity index (χ4n) is 3.65. The Balaban J connectivity index is 1.35. The summed E-state index contributed by atoms with van der Waals surface area (Å²) in [6, 6.07) is 0.939. The highest BCUT2D eigenvalue weighted by Crippen LogP contribution is 2.32. The SMILES string of the molecule is Cc1csc2c(N3CCC(N[C@H](C)Cc4cnccn4)CC3)ncnc12. The van der Waals surface area contributed by atoms with E-state index in [-0.39, 0.29) is 0 Å². The maximum atomic E-state index is 4.58. The summed E-state index contributed by atoms with van der Waals surface area (Å²) in [6.45, 7) is 6.39. The van der Waals surface area contributed by atoms with Gasteiger partial charge in [0.1, 0.15) is 12.1 Å². The number of nitrogens with one attached hydrogen (secondary N) is 1. The Morgan fingerprint density at radius 3 is 2.85 bits per heavy atom. The minimum atomic E-state index is 0.397. The first kappa shape index (κ1) is 17.3. The largest absolute Gasteiger partial charge is 0.355 e. The molecule has 1 saturated heterocycles. The molecule has 7 heteroatoms. The topological polar surface area (TPSA) is 66.8 Å². The number of thiophene rings is 1. The van der Waals surface area contributed by atoms with Crippen LogP contribution >= 0.6 is 11.3 Å². The third-order valence-corrected chi connectivity index (χ3v) is 6.04. The molecule has 0 amide bonds. The predicted octanol–water partition coefficient (Wildman–Crippen LogP) is 2.98. The summed E-state index contributed by atoms with van der Waals surface area (Å²) in [4.78, 5) is 19.9. The van der Waals surface area contributed by atoms with Crippen LogP contribution in [-0.2, 0) is 6.42 Å². The summed E-state index contributed by atoms with van der Waals surface area (Å²) in [6.07, 6.45) is 10.2. The second-order valence-electron chi connectivity index (χ2n) is 7.02. The van der Waals surface area contributed by atoms with Crippen LogP contribution < -0.4 is 10.2 Å². The summed E-state index contributed by atoms with van der Waals surface area (Å²) in [5.41, 5.74) is 3.38. The van der Waals surface area contributed by atoms with E-state index in [9.17, 15) is 0 Å². The van der Waals surface area contributed by atoms with E-state index < -0.39 is 0 Å². The van der Waals surface area contributed by atoms with Gasteiger partial charge in [-0.25, -0.2) is 9.97 Å². The van der Waals surface area contributed by atoms with Gasteiger partial charge in [0.05, 0.1) is 15.9 Å². The Morgan fingerprint density at radius 1 is 1.23 bits per heavy atom. The van der Waals surface area contributed by atoms with E-state index in [0.717, 1.165) is 49.4 Å². The number of rotatable bonds is 5. The molecule has 3 aromatic rings. The average molecular weight is 369 g/mol. The van der Waals surface area contributed by atoms with Crippen LogP contribution in [0.15, 0.2) is 30.3 Å². The Labute approximate surface area is 157 Å². The number of aryl methyl sites for hydroxylation is 1. The van der Waals surface area contributed by atoms with Crippen LogP contribution in [0.2, 0.25) is 0 Å². The van der Waals surface area contributed by atoms with Gasteiger partial charge in [0, 0.05) is 50.2 Å². The first-order chi connectivity index (χ1) is 12.7. The van der Waals surface area contributed by atoms with Gasteiger partial charge in [0.2, 0.25) is 0 Å². The maximum absolute atomic E-state index is 4.58. The molecule has 0 unspecified atom stereocenters. The summed E-state index contributed by atoms with van der Waals surface area (Å²) in [5, 5.41) is 5.93. The molecule has 0 spiro atoms. The molecule has 1 atom stereocenters. The molecular weight excluding hydrogens is 344 g/mol. The van der Waals surface area contributed by atoms with Crippen LogP contribution in [-0.4, -0.2) is 45.1 Å². The van der Waals surface area contributed by atoms with Crippen LogP contribution in [0, 0.1) is 6.92 Å². The van der Waals surface area contributed by atoms with Crippen LogP contribution in [0.4, 0.5) is 5.82 Å². The molecule has 1 N–H and O–H groups in total. The van der Waals surface area contributed by atoms with Crippen molar-refractivity contribution in [1.82, 2.24) is 25.3 Å². The molecule has 0 bridgehead atoms. The van der Waals surface area contributed by atoms with Crippen molar-refractivity contribution in [3.63, 3.8) is 0 Å². The van der Waals surface area contributed by atoms with Gasteiger partial charge in [0.25, 0.3) is 0 Å². The van der Waals surface area contributed by atoms with Crippen LogP contribution in [0.5, 0.6) is 0 Å². The number of nitrogens with zero attached hydrogens (tertiary/aromatic N) is 5. The van der Waals surface area contributed by atoms with Gasteiger partial charge in [-0.15, -0.1) is 11.3 Å². The minimum Gasteiger partial charge on any atom is -0.355 e. The first-order valence-corrected chi connectivity index (χ1v) is 10.0. The molecule has 0 radical (unpaired) electrons. The fourth-order valence-corrected chi connectivity index (χ4v) is 4.67. The van der Waals surface area contributed by atoms with Crippen molar-refractivity contribution in [2.75, 3.05) is 18.0 Å². The summed E-state index contributed by atoms with van der Waals surface area (Å²) >= 11 is 1.75. The van der Waals surface area contributed by atoms with E-state index in [1.54, 1.807) is 30.1 Å². The molecule has 136 valence electrons. The maximum Gasteiger partial charge on any atom is 0.150 e. The minimum absolute atomic E-state index is 0.397. The number of fused-ring (bicyclic) bond motifs is 1. The quantitative estimate of drug-likeness (QED) is 0.747. The molecule has 6 nitrogen and oxygen atoms in total. The lowest BCUT2D eigenvalue weighted by atomic mass is 10.0. The summed E-state index contributed by atoms with van der Waals surface area (Å²) in [5.74, 6) is 1.10. The third kappa shape index (κ3) is 3.68. The molecule has 1 aliphatic heterocycles. The third-order valence-electron chi connectivity index (χ3n) is 4.96. The van der Waals surface area contributed by atoms with E-state index >= 15 is 0 Å². The zero-order valence-corrected chi connectivity index (χ0v) is 16.0. The lowest BCUT2D eigenvalue weighted by Gasteiger charge is -2.34. The molecule has 0 saturated carbocycles. The fraction of sp³-hybridized carbons (Fsp3) is 0.474. The normalized spacial score (nSPS) is 16.9. The second-order valence-corrected chi connectivity index (χ2v) is 7.90. The van der Waals surface area contributed by atoms with Crippen molar-refractivity contribution < 1.29 is 0 Å². The number of hydrogen-bond donors (Lipinski definition) is 1. The van der Waals surface area contributed by atoms with Gasteiger partial charge < -0.3 is 10.2 Å². The zero-order chi connectivity index (χ0) is 17.9. The molecule has 1 aliphatic rings. The van der Waals surface area contributed by atoms with E-state index in [2.05, 4.69) is 49.4 Å². The first-order valence-electron chi connectivity index (χ1n) is 9.15. The second kappa shape index (κ2) is 7.63. The molecule has 4 heterocycles. The molecule has 0 aliphatic carbocycles. The molecule has 0 aromatic carbocycles. The van der Waals surface area contributed by atoms with Crippen LogP contribution in [0.1, 0.15) is 31.0 Å². The Bertz CT molecular complexity index is 857. The van der Waals surface area contributed by atoms with Gasteiger partial charge in [-0.3, -0.25) is 9.97 Å². The van der Waals surface area contributed by atoms with Gasteiger partial charge in [-0.05, 0) is 37.6 Å². The smallest absolute Gasteiger partial charge is 0.150 e. The van der Waals surface area contributed by atoms with Crippen molar-refractivity contribution in [2.45, 2.75) is 45.2 Å². The van der Waals surface area contributed by atoms with Crippen molar-refractivity contribution in [1.29, 1.82) is 0 Å². The average Bonchev–Trinajstić information content (AvgIpc) is 3.04.